The zero-order valence-electron chi connectivity index (χ0n) is 7.72. The molecule has 2 unspecified atom stereocenters. The van der Waals surface area contributed by atoms with Crippen molar-refractivity contribution in [3.8, 4) is 0 Å². The predicted molar refractivity (Wildman–Crippen MR) is 45.5 cm³/mol. The van der Waals surface area contributed by atoms with Gasteiger partial charge in [0, 0.05) is 0 Å². The van der Waals surface area contributed by atoms with Crippen LogP contribution in [0, 0.1) is 0 Å². The summed E-state index contributed by atoms with van der Waals surface area (Å²) in [7, 11) is 0. The number of hydrogen-bond acceptors (Lipinski definition) is 7. The van der Waals surface area contributed by atoms with Crippen LogP contribution in [-0.2, 0) is 9.53 Å². The lowest BCUT2D eigenvalue weighted by atomic mass is 9.93. The fourth-order valence-corrected chi connectivity index (χ4v) is 1.46. The monoisotopic (exact) mass is 221 g/mol. The highest BCUT2D eigenvalue weighted by atomic mass is 16.6. The fraction of sp³-hybridized carbons (Fsp3) is 0.875. The van der Waals surface area contributed by atoms with Crippen LogP contribution in [0.2, 0.25) is 0 Å². The van der Waals surface area contributed by atoms with E-state index in [1.165, 1.54) is 6.29 Å². The maximum atomic E-state index is 10.2. The molecule has 0 aromatic rings. The van der Waals surface area contributed by atoms with E-state index in [4.69, 9.17) is 14.9 Å². The molecule has 7 heteroatoms. The summed E-state index contributed by atoms with van der Waals surface area (Å²) in [6, 6.07) is 0. The molecule has 0 aromatic carbocycles. The van der Waals surface area contributed by atoms with Gasteiger partial charge in [0.25, 0.3) is 0 Å². The van der Waals surface area contributed by atoms with Crippen molar-refractivity contribution in [3.63, 3.8) is 0 Å². The maximum absolute atomic E-state index is 10.2. The van der Waals surface area contributed by atoms with E-state index in [1.807, 2.05) is 0 Å². The smallest absolute Gasteiger partial charge is 0.232 e. The summed E-state index contributed by atoms with van der Waals surface area (Å²) in [4.78, 5) is 10.2. The van der Waals surface area contributed by atoms with E-state index in [2.05, 4.69) is 0 Å². The zero-order chi connectivity index (χ0) is 11.6. The predicted octanol–water partition coefficient (Wildman–Crippen LogP) is -3.70. The van der Waals surface area contributed by atoms with Gasteiger partial charge in [0.15, 0.2) is 0 Å². The number of ether oxygens (including phenoxy) is 1. The molecule has 0 aromatic heterocycles. The van der Waals surface area contributed by atoms with Crippen LogP contribution in [0.25, 0.3) is 0 Å². The van der Waals surface area contributed by atoms with Crippen molar-refractivity contribution in [2.45, 2.75) is 36.6 Å². The first kappa shape index (κ1) is 12.5. The standard InChI is InChI=1S/C8H13O7/c9-1-3(11)8-7(14)6(13)5(12)4(2-10)15-8/h3-8,10-14H,2H2/t3?,4-,5+,6+,7-,8?/m1/s1. The van der Waals surface area contributed by atoms with E-state index in [0.29, 0.717) is 0 Å². The van der Waals surface area contributed by atoms with Gasteiger partial charge in [-0.05, 0) is 0 Å². The van der Waals surface area contributed by atoms with E-state index in [9.17, 15) is 20.1 Å². The second-order valence-electron chi connectivity index (χ2n) is 3.36. The topological polar surface area (TPSA) is 127 Å². The van der Waals surface area contributed by atoms with Crippen LogP contribution in [0.4, 0.5) is 0 Å². The van der Waals surface area contributed by atoms with Crippen molar-refractivity contribution in [1.82, 2.24) is 0 Å². The number of hydrogen-bond donors (Lipinski definition) is 5. The van der Waals surface area contributed by atoms with Crippen molar-refractivity contribution in [3.05, 3.63) is 0 Å². The second kappa shape index (κ2) is 4.97. The van der Waals surface area contributed by atoms with E-state index in [-0.39, 0.29) is 0 Å². The normalized spacial score (nSPS) is 43.7. The molecule has 7 nitrogen and oxygen atoms in total. The Bertz CT molecular complexity index is 219. The summed E-state index contributed by atoms with van der Waals surface area (Å²) < 4.78 is 4.86. The van der Waals surface area contributed by atoms with Crippen molar-refractivity contribution in [2.24, 2.45) is 0 Å². The van der Waals surface area contributed by atoms with Crippen LogP contribution in [0.5, 0.6) is 0 Å². The van der Waals surface area contributed by atoms with E-state index < -0.39 is 43.2 Å². The molecule has 1 heterocycles. The third-order valence-corrected chi connectivity index (χ3v) is 2.36. The van der Waals surface area contributed by atoms with E-state index in [0.717, 1.165) is 0 Å². The van der Waals surface area contributed by atoms with Crippen LogP contribution in [0.15, 0.2) is 0 Å². The van der Waals surface area contributed by atoms with Crippen LogP contribution < -0.4 is 0 Å². The molecule has 1 radical (unpaired) electrons. The molecular weight excluding hydrogens is 208 g/mol. The molecule has 87 valence electrons. The van der Waals surface area contributed by atoms with Gasteiger partial charge >= 0.3 is 0 Å². The minimum atomic E-state index is -1.74. The van der Waals surface area contributed by atoms with Gasteiger partial charge in [-0.2, -0.15) is 0 Å². The minimum Gasteiger partial charge on any atom is -0.394 e. The fourth-order valence-electron chi connectivity index (χ4n) is 1.46. The van der Waals surface area contributed by atoms with Gasteiger partial charge in [-0.3, -0.25) is 4.79 Å². The molecule has 0 aliphatic carbocycles. The van der Waals surface area contributed by atoms with Crippen molar-refractivity contribution in [1.29, 1.82) is 0 Å². The highest BCUT2D eigenvalue weighted by molar-refractivity contribution is 5.57. The van der Waals surface area contributed by atoms with E-state index >= 15 is 0 Å². The molecule has 1 rings (SSSR count). The summed E-state index contributed by atoms with van der Waals surface area (Å²) in [5.74, 6) is 0. The largest absolute Gasteiger partial charge is 0.394 e. The molecule has 0 amide bonds. The molecule has 1 saturated heterocycles. The summed E-state index contributed by atoms with van der Waals surface area (Å²) in [5.41, 5.74) is 0. The van der Waals surface area contributed by atoms with Gasteiger partial charge in [-0.25, -0.2) is 0 Å². The number of carbonyl (C=O) groups excluding carboxylic acids is 1. The Morgan fingerprint density at radius 3 is 2.27 bits per heavy atom. The Labute approximate surface area is 85.5 Å². The molecule has 0 spiro atoms. The molecule has 1 fully saturated rings. The molecule has 0 bridgehead atoms. The van der Waals surface area contributed by atoms with Crippen molar-refractivity contribution < 1.29 is 35.1 Å². The molecule has 1 aliphatic heterocycles. The lowest BCUT2D eigenvalue weighted by molar-refractivity contribution is -0.241. The Kier molecular flexibility index (Phi) is 4.14. The first-order valence-electron chi connectivity index (χ1n) is 4.39. The third kappa shape index (κ3) is 2.33. The number of aliphatic hydroxyl groups excluding tert-OH is 5. The molecule has 1 aliphatic rings. The molecule has 6 atom stereocenters. The first-order chi connectivity index (χ1) is 7.02. The Morgan fingerprint density at radius 2 is 1.80 bits per heavy atom. The number of rotatable bonds is 3. The average molecular weight is 221 g/mol. The average Bonchev–Trinajstić information content (AvgIpc) is 2.25. The van der Waals surface area contributed by atoms with Crippen LogP contribution in [0.3, 0.4) is 0 Å². The van der Waals surface area contributed by atoms with Crippen molar-refractivity contribution in [2.75, 3.05) is 6.61 Å². The van der Waals surface area contributed by atoms with Crippen molar-refractivity contribution >= 4 is 6.29 Å². The minimum absolute atomic E-state index is 0.604. The third-order valence-electron chi connectivity index (χ3n) is 2.36. The molecule has 15 heavy (non-hydrogen) atoms. The van der Waals surface area contributed by atoms with Gasteiger partial charge < -0.3 is 30.3 Å². The first-order valence-corrected chi connectivity index (χ1v) is 4.39. The van der Waals surface area contributed by atoms with E-state index in [1.54, 1.807) is 0 Å². The highest BCUT2D eigenvalue weighted by Crippen LogP contribution is 2.22. The summed E-state index contributed by atoms with van der Waals surface area (Å²) in [6.45, 7) is -0.604. The number of aliphatic hydroxyl groups is 5. The van der Waals surface area contributed by atoms with Gasteiger partial charge in [-0.15, -0.1) is 0 Å². The quantitative estimate of drug-likeness (QED) is 0.332. The van der Waals surface area contributed by atoms with Gasteiger partial charge in [0.2, 0.25) is 6.29 Å². The molecule has 5 N–H and O–H groups in total. The second-order valence-corrected chi connectivity index (χ2v) is 3.36. The lowest BCUT2D eigenvalue weighted by Gasteiger charge is -2.40. The van der Waals surface area contributed by atoms with Crippen LogP contribution in [-0.4, -0.2) is 75.0 Å². The molecular formula is C8H13O7. The molecule has 0 saturated carbocycles. The summed E-state index contributed by atoms with van der Waals surface area (Å²) in [6.07, 6.45) is -7.79. The van der Waals surface area contributed by atoms with Gasteiger partial charge in [0.05, 0.1) is 6.61 Å². The maximum Gasteiger partial charge on any atom is 0.232 e. The SMILES string of the molecule is O=[C]C(O)C1O[C@H](CO)[C@H](O)[C@H](O)[C@H]1O. The summed E-state index contributed by atoms with van der Waals surface area (Å²) in [5, 5.41) is 45.9. The Morgan fingerprint density at radius 1 is 1.20 bits per heavy atom. The Hall–Kier alpha value is -0.570. The van der Waals surface area contributed by atoms with Crippen LogP contribution in [0.1, 0.15) is 0 Å². The summed E-state index contributed by atoms with van der Waals surface area (Å²) >= 11 is 0. The Balaban J connectivity index is 2.78. The van der Waals surface area contributed by atoms with Gasteiger partial charge in [-0.1, -0.05) is 0 Å². The zero-order valence-corrected chi connectivity index (χ0v) is 7.72. The van der Waals surface area contributed by atoms with Crippen LogP contribution >= 0.6 is 0 Å². The lowest BCUT2D eigenvalue weighted by Crippen LogP contribution is -2.61. The van der Waals surface area contributed by atoms with Gasteiger partial charge in [0.1, 0.15) is 36.6 Å². The highest BCUT2D eigenvalue weighted by Gasteiger charge is 2.46.